The van der Waals surface area contributed by atoms with Gasteiger partial charge in [-0.25, -0.2) is 0 Å². The van der Waals surface area contributed by atoms with E-state index >= 15 is 0 Å². The number of allylic oxidation sites excluding steroid dienone is 12. The van der Waals surface area contributed by atoms with E-state index in [1.165, 1.54) is 154 Å². The van der Waals surface area contributed by atoms with Crippen molar-refractivity contribution in [2.24, 2.45) is 0 Å². The largest absolute Gasteiger partial charge is 0.462 e. The Hall–Kier alpha value is -3.15. The van der Waals surface area contributed by atoms with Crippen molar-refractivity contribution in [2.45, 2.75) is 290 Å². The molecule has 0 amide bonds. The molecule has 0 radical (unpaired) electrons. The molecule has 0 spiro atoms. The van der Waals surface area contributed by atoms with E-state index in [0.29, 0.717) is 19.3 Å². The predicted molar refractivity (Wildman–Crippen MR) is 293 cm³/mol. The molecule has 0 saturated carbocycles. The summed E-state index contributed by atoms with van der Waals surface area (Å²) in [6, 6.07) is 0. The molecule has 0 aromatic carbocycles. The van der Waals surface area contributed by atoms with Gasteiger partial charge in [0.05, 0.1) is 0 Å². The zero-order valence-corrected chi connectivity index (χ0v) is 44.9. The molecule has 392 valence electrons. The number of unbranched alkanes of at least 4 members (excludes halogenated alkanes) is 29. The fourth-order valence-electron chi connectivity index (χ4n) is 8.12. The second-order valence-electron chi connectivity index (χ2n) is 19.2. The van der Waals surface area contributed by atoms with Gasteiger partial charge in [0.15, 0.2) is 6.10 Å². The summed E-state index contributed by atoms with van der Waals surface area (Å²) in [6.07, 6.45) is 71.8. The zero-order chi connectivity index (χ0) is 49.3. The van der Waals surface area contributed by atoms with E-state index in [4.69, 9.17) is 14.2 Å². The van der Waals surface area contributed by atoms with Crippen molar-refractivity contribution in [1.29, 1.82) is 0 Å². The van der Waals surface area contributed by atoms with Gasteiger partial charge in [-0.1, -0.05) is 254 Å². The average molecular weight is 950 g/mol. The third-order valence-electron chi connectivity index (χ3n) is 12.4. The molecule has 1 atom stereocenters. The maximum absolute atomic E-state index is 12.8. The molecule has 6 nitrogen and oxygen atoms in total. The summed E-state index contributed by atoms with van der Waals surface area (Å²) in [5, 5.41) is 0. The molecule has 0 saturated heterocycles. The summed E-state index contributed by atoms with van der Waals surface area (Å²) >= 11 is 0. The second-order valence-corrected chi connectivity index (χ2v) is 19.2. The summed E-state index contributed by atoms with van der Waals surface area (Å²) in [4.78, 5) is 38.1. The van der Waals surface area contributed by atoms with Crippen LogP contribution in [0.5, 0.6) is 0 Å². The van der Waals surface area contributed by atoms with E-state index in [2.05, 4.69) is 93.7 Å². The van der Waals surface area contributed by atoms with Crippen LogP contribution in [-0.2, 0) is 28.6 Å². The van der Waals surface area contributed by atoms with Gasteiger partial charge in [0.2, 0.25) is 0 Å². The highest BCUT2D eigenvalue weighted by atomic mass is 16.6. The number of carbonyl (C=O) groups is 3. The molecule has 0 aliphatic rings. The summed E-state index contributed by atoms with van der Waals surface area (Å²) in [5.41, 5.74) is 0. The van der Waals surface area contributed by atoms with Crippen LogP contribution in [0, 0.1) is 0 Å². The van der Waals surface area contributed by atoms with Gasteiger partial charge in [0, 0.05) is 19.3 Å². The quantitative estimate of drug-likeness (QED) is 0.0262. The first-order valence-corrected chi connectivity index (χ1v) is 28.9. The van der Waals surface area contributed by atoms with Crippen LogP contribution in [0.15, 0.2) is 72.9 Å². The Morgan fingerprint density at radius 2 is 0.588 bits per heavy atom. The number of carbonyl (C=O) groups excluding carboxylic acids is 3. The number of hydrogen-bond donors (Lipinski definition) is 0. The van der Waals surface area contributed by atoms with Gasteiger partial charge < -0.3 is 14.2 Å². The lowest BCUT2D eigenvalue weighted by molar-refractivity contribution is -0.167. The molecule has 0 N–H and O–H groups in total. The Bertz CT molecular complexity index is 1270. The molecule has 0 fully saturated rings. The van der Waals surface area contributed by atoms with Crippen LogP contribution >= 0.6 is 0 Å². The van der Waals surface area contributed by atoms with Crippen molar-refractivity contribution in [1.82, 2.24) is 0 Å². The fourth-order valence-corrected chi connectivity index (χ4v) is 8.12. The third-order valence-corrected chi connectivity index (χ3v) is 12.4. The van der Waals surface area contributed by atoms with Crippen molar-refractivity contribution in [3.05, 3.63) is 72.9 Å². The van der Waals surface area contributed by atoms with Crippen molar-refractivity contribution < 1.29 is 28.6 Å². The van der Waals surface area contributed by atoms with Gasteiger partial charge in [0.25, 0.3) is 0 Å². The van der Waals surface area contributed by atoms with E-state index in [-0.39, 0.29) is 37.5 Å². The Balaban J connectivity index is 4.45. The third kappa shape index (κ3) is 53.8. The molecule has 0 aromatic heterocycles. The Morgan fingerprint density at radius 1 is 0.309 bits per heavy atom. The first-order chi connectivity index (χ1) is 33.5. The smallest absolute Gasteiger partial charge is 0.306 e. The second kappa shape index (κ2) is 56.4. The minimum atomic E-state index is -0.807. The molecular formula is C62H108O6. The maximum atomic E-state index is 12.8. The normalized spacial score (nSPS) is 12.6. The molecule has 68 heavy (non-hydrogen) atoms. The molecule has 0 aromatic rings. The molecule has 0 rings (SSSR count). The maximum Gasteiger partial charge on any atom is 0.306 e. The average Bonchev–Trinajstić information content (AvgIpc) is 3.34. The number of rotatable bonds is 52. The van der Waals surface area contributed by atoms with Crippen molar-refractivity contribution in [3.63, 3.8) is 0 Å². The number of hydrogen-bond acceptors (Lipinski definition) is 6. The van der Waals surface area contributed by atoms with Gasteiger partial charge in [-0.05, 0) is 83.5 Å². The standard InChI is InChI=1S/C62H108O6/c1-4-7-10-13-16-19-22-25-28-30-32-34-37-40-43-46-49-52-55-61(64)67-58-59(57-66-60(63)54-51-48-45-42-39-36-33-27-24-21-18-15-12-9-6-3)68-62(65)56-53-50-47-44-41-38-35-31-29-26-23-20-17-14-11-8-5-2/h8,11,17,20,26-27,29,33,35,38,44,47,59H,4-7,9-10,12-16,18-19,21-25,28,30-32,34,36-37,39-43,45-46,48-58H2,1-3H3/b11-8-,20-17-,29-26-,33-27-,38-35-,47-44-/t59-/m1/s1. The highest BCUT2D eigenvalue weighted by molar-refractivity contribution is 5.71. The molecule has 0 bridgehead atoms. The fraction of sp³-hybridized carbons (Fsp3) is 0.758. The van der Waals surface area contributed by atoms with Crippen LogP contribution in [0.25, 0.3) is 0 Å². The SMILES string of the molecule is CC/C=C\C/C=C\C/C=C\C/C=C\C/C=C\CCCC(=O)O[C@H](COC(=O)CCCCCCC/C=C\CCCCCCCC)COC(=O)CCCCCCCCCCCCCCCCCCCC. The van der Waals surface area contributed by atoms with E-state index in [1.807, 2.05) is 0 Å². The van der Waals surface area contributed by atoms with Crippen molar-refractivity contribution in [2.75, 3.05) is 13.2 Å². The summed E-state index contributed by atoms with van der Waals surface area (Å²) in [6.45, 7) is 6.49. The van der Waals surface area contributed by atoms with Crippen LogP contribution in [0.2, 0.25) is 0 Å². The minimum Gasteiger partial charge on any atom is -0.462 e. The molecular weight excluding hydrogens is 841 g/mol. The Morgan fingerprint density at radius 3 is 0.956 bits per heavy atom. The van der Waals surface area contributed by atoms with Gasteiger partial charge in [-0.3, -0.25) is 14.4 Å². The highest BCUT2D eigenvalue weighted by Crippen LogP contribution is 2.16. The summed E-state index contributed by atoms with van der Waals surface area (Å²) in [7, 11) is 0. The zero-order valence-electron chi connectivity index (χ0n) is 44.9. The van der Waals surface area contributed by atoms with Gasteiger partial charge in [-0.15, -0.1) is 0 Å². The van der Waals surface area contributed by atoms with Crippen LogP contribution in [0.4, 0.5) is 0 Å². The van der Waals surface area contributed by atoms with Crippen LogP contribution in [0.3, 0.4) is 0 Å². The van der Waals surface area contributed by atoms with Gasteiger partial charge >= 0.3 is 17.9 Å². The predicted octanol–water partition coefficient (Wildman–Crippen LogP) is 19.4. The Labute approximate surface area is 421 Å². The molecule has 0 heterocycles. The lowest BCUT2D eigenvalue weighted by atomic mass is 10.0. The number of ether oxygens (including phenoxy) is 3. The van der Waals surface area contributed by atoms with Crippen molar-refractivity contribution >= 4 is 17.9 Å². The monoisotopic (exact) mass is 949 g/mol. The molecule has 0 aliphatic carbocycles. The van der Waals surface area contributed by atoms with Crippen LogP contribution in [0.1, 0.15) is 284 Å². The molecule has 0 aliphatic heterocycles. The Kier molecular flexibility index (Phi) is 53.8. The summed E-state index contributed by atoms with van der Waals surface area (Å²) < 4.78 is 16.8. The lowest BCUT2D eigenvalue weighted by Gasteiger charge is -2.18. The first kappa shape index (κ1) is 64.8. The number of esters is 3. The van der Waals surface area contributed by atoms with Gasteiger partial charge in [-0.2, -0.15) is 0 Å². The molecule has 6 heteroatoms. The minimum absolute atomic E-state index is 0.0981. The van der Waals surface area contributed by atoms with E-state index in [9.17, 15) is 14.4 Å². The lowest BCUT2D eigenvalue weighted by Crippen LogP contribution is -2.30. The van der Waals surface area contributed by atoms with Crippen molar-refractivity contribution in [3.8, 4) is 0 Å². The molecule has 0 unspecified atom stereocenters. The summed E-state index contributed by atoms with van der Waals surface area (Å²) in [5.74, 6) is -0.956. The van der Waals surface area contributed by atoms with E-state index in [1.54, 1.807) is 0 Å². The van der Waals surface area contributed by atoms with Crippen LogP contribution in [-0.4, -0.2) is 37.2 Å². The van der Waals surface area contributed by atoms with Gasteiger partial charge in [0.1, 0.15) is 13.2 Å². The van der Waals surface area contributed by atoms with E-state index < -0.39 is 6.10 Å². The van der Waals surface area contributed by atoms with E-state index in [0.717, 1.165) is 83.5 Å². The first-order valence-electron chi connectivity index (χ1n) is 28.9. The highest BCUT2D eigenvalue weighted by Gasteiger charge is 2.19. The van der Waals surface area contributed by atoms with Crippen LogP contribution < -0.4 is 0 Å². The topological polar surface area (TPSA) is 78.9 Å².